The van der Waals surface area contributed by atoms with Gasteiger partial charge in [0.05, 0.1) is 16.6 Å². The van der Waals surface area contributed by atoms with Gasteiger partial charge in [-0.15, -0.1) is 0 Å². The topological polar surface area (TPSA) is 175 Å². The van der Waals surface area contributed by atoms with Gasteiger partial charge in [0.2, 0.25) is 11.9 Å². The first kappa shape index (κ1) is 71.8. The predicted molar refractivity (Wildman–Crippen MR) is 444 cm³/mol. The number of fused-ring (bicyclic) bond motifs is 6. The molecule has 0 N–H and O–H groups in total. The van der Waals surface area contributed by atoms with Gasteiger partial charge in [-0.05, 0) is 252 Å². The minimum absolute atomic E-state index is 0.0798. The molecule has 0 fully saturated rings. The van der Waals surface area contributed by atoms with E-state index in [1.165, 1.54) is 6.33 Å². The maximum Gasteiger partial charge on any atom is 0.238 e. The molecule has 17 rings (SSSR count). The fraction of sp³-hybridized carbons (Fsp3) is 0.208. The van der Waals surface area contributed by atoms with Crippen LogP contribution in [0.3, 0.4) is 0 Å². The summed E-state index contributed by atoms with van der Waals surface area (Å²) in [5.41, 5.74) is 27.3. The smallest absolute Gasteiger partial charge is 0.238 e. The number of Topliss-reactive ketones (excluding diaryl/α,β-unsaturated/α-hetero) is 1. The summed E-state index contributed by atoms with van der Waals surface area (Å²) in [6.45, 7) is 32.7. The summed E-state index contributed by atoms with van der Waals surface area (Å²) in [5, 5.41) is 2.37. The van der Waals surface area contributed by atoms with Crippen molar-refractivity contribution < 1.29 is 19.2 Å². The van der Waals surface area contributed by atoms with E-state index in [2.05, 4.69) is 120 Å². The molecule has 16 heteroatoms. The Morgan fingerprint density at radius 3 is 1.02 bits per heavy atom. The maximum atomic E-state index is 15.6. The molecule has 8 aromatic carbocycles. The van der Waals surface area contributed by atoms with Crippen LogP contribution in [0.25, 0.3) is 90.1 Å². The number of ketones is 4. The fourth-order valence-corrected chi connectivity index (χ4v) is 18.7. The molecular weight excluding hydrogens is 1390 g/mol. The first-order valence-electron chi connectivity index (χ1n) is 38.3. The van der Waals surface area contributed by atoms with Crippen molar-refractivity contribution in [2.45, 2.75) is 130 Å². The molecule has 0 saturated heterocycles. The van der Waals surface area contributed by atoms with Crippen molar-refractivity contribution in [2.75, 3.05) is 0 Å². The van der Waals surface area contributed by atoms with Crippen LogP contribution in [0.5, 0.6) is 0 Å². The highest BCUT2D eigenvalue weighted by Crippen LogP contribution is 2.47. The zero-order valence-electron chi connectivity index (χ0n) is 66.0. The molecule has 0 radical (unpaired) electrons. The molecule has 0 amide bonds. The van der Waals surface area contributed by atoms with Crippen LogP contribution < -0.4 is 0 Å². The Bertz CT molecular complexity index is 6490. The quantitative estimate of drug-likeness (QED) is 0.0847. The summed E-state index contributed by atoms with van der Waals surface area (Å²) in [5.74, 6) is 0.651. The molecule has 1 aliphatic carbocycles. The van der Waals surface area contributed by atoms with E-state index in [9.17, 15) is 0 Å². The summed E-state index contributed by atoms with van der Waals surface area (Å²) < 4.78 is 12.8. The average Bonchev–Trinajstić information content (AvgIpc) is 1.56. The maximum absolute atomic E-state index is 15.6. The lowest BCUT2D eigenvalue weighted by molar-refractivity contribution is 0.0900. The van der Waals surface area contributed by atoms with E-state index in [-0.39, 0.29) is 35.0 Å². The monoisotopic (exact) mass is 1470 g/mol. The molecule has 0 saturated carbocycles. The van der Waals surface area contributed by atoms with Gasteiger partial charge in [-0.1, -0.05) is 104 Å². The lowest BCUT2D eigenvalue weighted by Crippen LogP contribution is -2.26. The van der Waals surface area contributed by atoms with Crippen LogP contribution in [0, 0.1) is 110 Å². The SMILES string of the molecule is Cc1c(C(=O)c2cc(C)c3c(c2)c2c(n3-c3ncnc(-c4ccccc4-c4ncnc(-n5c6c(C)cc(C(=O)c7c(C)c(C)n(-c8ccccc8)c7C)cc6c6cc(C(=O)c7c(C)c(C)n(-c8ccccc8)c7C)cc(C)c65)n4)n3)C(C)CC(C(=O)c3c(C)c(C)n(-c4ccccc4)c3C)C2)c(C)n(-c2ccccc2)c1C. The molecule has 8 aromatic heterocycles. The first-order chi connectivity index (χ1) is 53.9. The lowest BCUT2D eigenvalue weighted by Gasteiger charge is -2.28. The molecule has 2 atom stereocenters. The average molecular weight is 1470 g/mol. The van der Waals surface area contributed by atoms with Crippen LogP contribution in [0.1, 0.15) is 173 Å². The van der Waals surface area contributed by atoms with E-state index in [1.807, 2.05) is 200 Å². The molecule has 112 heavy (non-hydrogen) atoms. The van der Waals surface area contributed by atoms with Gasteiger partial charge < -0.3 is 18.3 Å². The first-order valence-corrected chi connectivity index (χ1v) is 38.3. The van der Waals surface area contributed by atoms with Crippen molar-refractivity contribution in [1.29, 1.82) is 0 Å². The Labute approximate surface area is 650 Å². The Morgan fingerprint density at radius 2 is 0.652 bits per heavy atom. The van der Waals surface area contributed by atoms with Gasteiger partial charge >= 0.3 is 0 Å². The fourth-order valence-electron chi connectivity index (χ4n) is 18.7. The molecule has 2 unspecified atom stereocenters. The molecule has 16 aromatic rings. The Balaban J connectivity index is 0.799. The van der Waals surface area contributed by atoms with E-state index in [0.717, 1.165) is 157 Å². The van der Waals surface area contributed by atoms with Gasteiger partial charge in [0.25, 0.3) is 0 Å². The molecule has 0 aliphatic heterocycles. The number of carbonyl (C=O) groups excluding carboxylic acids is 4. The number of hydrogen-bond acceptors (Lipinski definition) is 10. The number of aryl methyl sites for hydroxylation is 3. The van der Waals surface area contributed by atoms with E-state index >= 15 is 19.2 Å². The van der Waals surface area contributed by atoms with Gasteiger partial charge in [-0.2, -0.15) is 9.97 Å². The number of hydrogen-bond donors (Lipinski definition) is 0. The normalized spacial score (nSPS) is 13.6. The Hall–Kier alpha value is -13.1. The van der Waals surface area contributed by atoms with Crippen LogP contribution in [0.4, 0.5) is 0 Å². The lowest BCUT2D eigenvalue weighted by atomic mass is 9.76. The zero-order chi connectivity index (χ0) is 78.3. The van der Waals surface area contributed by atoms with E-state index in [0.29, 0.717) is 80.9 Å². The van der Waals surface area contributed by atoms with Crippen molar-refractivity contribution in [3.05, 3.63) is 329 Å². The minimum atomic E-state index is -0.383. The number of rotatable bonds is 16. The summed E-state index contributed by atoms with van der Waals surface area (Å²) in [7, 11) is 0. The van der Waals surface area contributed by atoms with E-state index < -0.39 is 0 Å². The van der Waals surface area contributed by atoms with Crippen LogP contribution in [-0.2, 0) is 6.42 Å². The number of para-hydroxylation sites is 4. The van der Waals surface area contributed by atoms with Crippen molar-refractivity contribution in [3.8, 4) is 57.4 Å². The van der Waals surface area contributed by atoms with Gasteiger partial charge in [-0.3, -0.25) is 28.3 Å². The molecule has 554 valence electrons. The Kier molecular flexibility index (Phi) is 17.6. The molecular formula is C96H86N12O4. The minimum Gasteiger partial charge on any atom is -0.317 e. The molecule has 0 spiro atoms. The van der Waals surface area contributed by atoms with Crippen LogP contribution in [0.2, 0.25) is 0 Å². The molecule has 8 heterocycles. The van der Waals surface area contributed by atoms with Crippen LogP contribution in [-0.4, -0.2) is 80.4 Å². The van der Waals surface area contributed by atoms with Crippen molar-refractivity contribution >= 4 is 55.8 Å². The highest BCUT2D eigenvalue weighted by molar-refractivity contribution is 6.20. The van der Waals surface area contributed by atoms with Gasteiger partial charge in [0, 0.05) is 146 Å². The number of nitrogens with zero attached hydrogens (tertiary/aromatic N) is 12. The molecule has 0 bridgehead atoms. The van der Waals surface area contributed by atoms with Crippen molar-refractivity contribution in [1.82, 2.24) is 57.3 Å². The summed E-state index contributed by atoms with van der Waals surface area (Å²) in [6, 6.07) is 60.3. The third kappa shape index (κ3) is 11.2. The van der Waals surface area contributed by atoms with Gasteiger partial charge in [0.1, 0.15) is 12.7 Å². The number of aromatic nitrogens is 12. The summed E-state index contributed by atoms with van der Waals surface area (Å²) in [4.78, 5) is 92.8. The molecule has 16 nitrogen and oxygen atoms in total. The highest BCUT2D eigenvalue weighted by atomic mass is 16.1. The number of benzene rings is 8. The highest BCUT2D eigenvalue weighted by Gasteiger charge is 2.39. The standard InChI is InChI=1S/C96H86N12O4/c1-51-41-67(89(109)81-55(5)59(9)103(63(81)13)71-31-21-17-22-32-71)45-77-78-46-68(90(110)82-56(6)60(10)104(64(82)14)72-33-23-18-24-34-72)42-52(2)86(78)107(85(51)77)95-99-49-97-93(101-95)75-39-29-30-40-76(75)94-98-50-100-96(102-94)108-87-53(3)43-69(91(111)83-57(7)61(11)105(65(83)15)73-35-25-19-26-36-73)47-79(87)80-48-70(44-54(4)88(80)108)92(112)84-58(8)62(12)106(66(84)16)74-37-27-20-28-38-74/h17-43,45-47,49-50,54,70H,44,48H2,1-16H3. The van der Waals surface area contributed by atoms with Crippen LogP contribution in [0.15, 0.2) is 195 Å². The predicted octanol–water partition coefficient (Wildman–Crippen LogP) is 20.5. The van der Waals surface area contributed by atoms with Crippen molar-refractivity contribution in [2.24, 2.45) is 5.92 Å². The molecule has 1 aliphatic rings. The van der Waals surface area contributed by atoms with Crippen LogP contribution >= 0.6 is 0 Å². The van der Waals surface area contributed by atoms with E-state index in [1.54, 1.807) is 6.33 Å². The third-order valence-corrected chi connectivity index (χ3v) is 24.2. The van der Waals surface area contributed by atoms with E-state index in [4.69, 9.17) is 29.9 Å². The summed E-state index contributed by atoms with van der Waals surface area (Å²) in [6.07, 6.45) is 4.05. The largest absolute Gasteiger partial charge is 0.317 e. The second-order valence-corrected chi connectivity index (χ2v) is 30.6. The van der Waals surface area contributed by atoms with Crippen molar-refractivity contribution in [3.63, 3.8) is 0 Å². The summed E-state index contributed by atoms with van der Waals surface area (Å²) >= 11 is 0. The van der Waals surface area contributed by atoms with Gasteiger partial charge in [-0.25, -0.2) is 19.9 Å². The number of carbonyl (C=O) groups is 4. The third-order valence-electron chi connectivity index (χ3n) is 24.2. The van der Waals surface area contributed by atoms with Gasteiger partial charge in [0.15, 0.2) is 34.8 Å². The Morgan fingerprint density at radius 1 is 0.339 bits per heavy atom. The zero-order valence-corrected chi connectivity index (χ0v) is 66.0. The second kappa shape index (κ2) is 27.5. The second-order valence-electron chi connectivity index (χ2n) is 30.6.